The van der Waals surface area contributed by atoms with Crippen molar-refractivity contribution < 1.29 is 4.74 Å². The van der Waals surface area contributed by atoms with Gasteiger partial charge in [-0.1, -0.05) is 39.8 Å². The van der Waals surface area contributed by atoms with Crippen molar-refractivity contribution in [3.63, 3.8) is 0 Å². The van der Waals surface area contributed by atoms with Gasteiger partial charge in [0.2, 0.25) is 0 Å². The van der Waals surface area contributed by atoms with E-state index in [1.54, 1.807) is 0 Å². The van der Waals surface area contributed by atoms with E-state index >= 15 is 0 Å². The van der Waals surface area contributed by atoms with Crippen molar-refractivity contribution in [1.29, 1.82) is 0 Å². The normalized spacial score (nSPS) is 26.2. The van der Waals surface area contributed by atoms with Gasteiger partial charge >= 0.3 is 0 Å². The Kier molecular flexibility index (Phi) is 6.28. The first-order chi connectivity index (χ1) is 9.92. The molecule has 3 N–H and O–H groups in total. The van der Waals surface area contributed by atoms with E-state index in [1.807, 2.05) is 6.08 Å². The third-order valence-electron chi connectivity index (χ3n) is 4.14. The number of nitrogens with two attached hydrogens (primary N) is 1. The third-order valence-corrected chi connectivity index (χ3v) is 4.14. The van der Waals surface area contributed by atoms with E-state index in [0.29, 0.717) is 12.1 Å². The molecular formula is C19H36N2O. The molecule has 1 rings (SSSR count). The van der Waals surface area contributed by atoms with Crippen molar-refractivity contribution in [1.82, 2.24) is 5.32 Å². The second-order valence-corrected chi connectivity index (χ2v) is 8.75. The molecule has 3 heteroatoms. The van der Waals surface area contributed by atoms with Gasteiger partial charge in [-0.15, -0.1) is 6.58 Å². The van der Waals surface area contributed by atoms with Gasteiger partial charge in [0.15, 0.2) is 0 Å². The summed E-state index contributed by atoms with van der Waals surface area (Å²) in [6.07, 6.45) is 6.54. The molecule has 128 valence electrons. The van der Waals surface area contributed by atoms with Gasteiger partial charge < -0.3 is 15.8 Å². The monoisotopic (exact) mass is 308 g/mol. The van der Waals surface area contributed by atoms with E-state index in [9.17, 15) is 0 Å². The van der Waals surface area contributed by atoms with E-state index in [-0.39, 0.29) is 23.0 Å². The zero-order chi connectivity index (χ0) is 17.1. The van der Waals surface area contributed by atoms with Gasteiger partial charge in [0.25, 0.3) is 0 Å². The fourth-order valence-electron chi connectivity index (χ4n) is 2.65. The standard InChI is InChI=1S/C19H36N2O/c1-9-16(13(2)10-17(20)18(3,4)5)22-15-11-14(12-15)21-19(6,7)8/h9-10,13-16,21H,1,11-12,20H2,2-8H3/b17-10-/t13-,14-,15-,16?/m1/s1. The summed E-state index contributed by atoms with van der Waals surface area (Å²) in [6, 6.07) is 0.570. The highest BCUT2D eigenvalue weighted by Crippen LogP contribution is 2.29. The zero-order valence-electron chi connectivity index (χ0n) is 15.6. The first-order valence-electron chi connectivity index (χ1n) is 8.46. The SMILES string of the molecule is C=CC(O[C@H]1C[C@H](NC(C)(C)C)C1)[C@H](C)/C=C(\N)C(C)(C)C. The molecule has 1 aliphatic carbocycles. The Morgan fingerprint density at radius 2 is 1.77 bits per heavy atom. The lowest BCUT2D eigenvalue weighted by molar-refractivity contribution is -0.0607. The summed E-state index contributed by atoms with van der Waals surface area (Å²) >= 11 is 0. The predicted molar refractivity (Wildman–Crippen MR) is 95.7 cm³/mol. The summed E-state index contributed by atoms with van der Waals surface area (Å²) in [5, 5.41) is 3.62. The highest BCUT2D eigenvalue weighted by Gasteiger charge is 2.34. The highest BCUT2D eigenvalue weighted by molar-refractivity contribution is 5.10. The number of rotatable bonds is 6. The van der Waals surface area contributed by atoms with Gasteiger partial charge in [-0.05, 0) is 33.6 Å². The molecule has 0 radical (unpaired) electrons. The summed E-state index contributed by atoms with van der Waals surface area (Å²) < 4.78 is 6.20. The Balaban J connectivity index is 2.49. The lowest BCUT2D eigenvalue weighted by Crippen LogP contribution is -2.53. The first kappa shape index (κ1) is 19.2. The first-order valence-corrected chi connectivity index (χ1v) is 8.46. The summed E-state index contributed by atoms with van der Waals surface area (Å²) in [6.45, 7) is 19.1. The summed E-state index contributed by atoms with van der Waals surface area (Å²) in [5.74, 6) is 0.242. The molecule has 0 aliphatic heterocycles. The molecule has 0 spiro atoms. The molecule has 0 aromatic heterocycles. The second kappa shape index (κ2) is 7.18. The third kappa shape index (κ3) is 6.13. The molecule has 0 bridgehead atoms. The second-order valence-electron chi connectivity index (χ2n) is 8.75. The Morgan fingerprint density at radius 3 is 2.18 bits per heavy atom. The van der Waals surface area contributed by atoms with Crippen molar-refractivity contribution in [2.24, 2.45) is 17.1 Å². The minimum atomic E-state index is -0.00181. The largest absolute Gasteiger partial charge is 0.402 e. The number of hydrogen-bond donors (Lipinski definition) is 2. The van der Waals surface area contributed by atoms with Gasteiger partial charge in [0.1, 0.15) is 0 Å². The van der Waals surface area contributed by atoms with E-state index in [1.165, 1.54) is 0 Å². The number of ether oxygens (including phenoxy) is 1. The minimum absolute atomic E-state index is 0.00181. The fourth-order valence-corrected chi connectivity index (χ4v) is 2.65. The van der Waals surface area contributed by atoms with Gasteiger partial charge in [0, 0.05) is 28.6 Å². The van der Waals surface area contributed by atoms with Gasteiger partial charge in [0.05, 0.1) is 12.2 Å². The molecule has 0 heterocycles. The summed E-state index contributed by atoms with van der Waals surface area (Å²) in [7, 11) is 0. The van der Waals surface area contributed by atoms with Crippen molar-refractivity contribution >= 4 is 0 Å². The molecule has 0 aromatic rings. The van der Waals surface area contributed by atoms with Crippen LogP contribution in [0.5, 0.6) is 0 Å². The van der Waals surface area contributed by atoms with Crippen molar-refractivity contribution in [2.75, 3.05) is 0 Å². The molecule has 1 aliphatic rings. The minimum Gasteiger partial charge on any atom is -0.402 e. The average Bonchev–Trinajstić information content (AvgIpc) is 2.28. The molecule has 2 atom stereocenters. The topological polar surface area (TPSA) is 47.3 Å². The molecule has 0 aromatic carbocycles. The number of hydrogen-bond acceptors (Lipinski definition) is 3. The number of allylic oxidation sites excluding steroid dienone is 1. The molecule has 1 fully saturated rings. The molecule has 1 saturated carbocycles. The molecule has 0 saturated heterocycles. The van der Waals surface area contributed by atoms with Crippen LogP contribution >= 0.6 is 0 Å². The van der Waals surface area contributed by atoms with Crippen LogP contribution in [0.4, 0.5) is 0 Å². The predicted octanol–water partition coefficient (Wildman–Crippen LogP) is 4.00. The van der Waals surface area contributed by atoms with Crippen molar-refractivity contribution in [3.05, 3.63) is 24.4 Å². The Hall–Kier alpha value is -0.800. The smallest absolute Gasteiger partial charge is 0.0817 e. The highest BCUT2D eigenvalue weighted by atomic mass is 16.5. The van der Waals surface area contributed by atoms with Crippen LogP contribution < -0.4 is 11.1 Å². The van der Waals surface area contributed by atoms with Crippen molar-refractivity contribution in [2.45, 2.75) is 85.1 Å². The Bertz CT molecular complexity index is 395. The fraction of sp³-hybridized carbons (Fsp3) is 0.789. The molecule has 22 heavy (non-hydrogen) atoms. The van der Waals surface area contributed by atoms with E-state index in [2.05, 4.69) is 66.4 Å². The quantitative estimate of drug-likeness (QED) is 0.729. The van der Waals surface area contributed by atoms with Crippen LogP contribution in [0.3, 0.4) is 0 Å². The van der Waals surface area contributed by atoms with E-state index in [4.69, 9.17) is 10.5 Å². The van der Waals surface area contributed by atoms with E-state index in [0.717, 1.165) is 18.5 Å². The van der Waals surface area contributed by atoms with E-state index < -0.39 is 0 Å². The van der Waals surface area contributed by atoms with Crippen LogP contribution in [0.25, 0.3) is 0 Å². The van der Waals surface area contributed by atoms with Gasteiger partial charge in [-0.25, -0.2) is 0 Å². The lowest BCUT2D eigenvalue weighted by atomic mass is 9.86. The molecule has 0 amide bonds. The molecule has 3 nitrogen and oxygen atoms in total. The Morgan fingerprint density at radius 1 is 1.23 bits per heavy atom. The van der Waals surface area contributed by atoms with Crippen LogP contribution in [-0.4, -0.2) is 23.8 Å². The zero-order valence-corrected chi connectivity index (χ0v) is 15.6. The summed E-state index contributed by atoms with van der Waals surface area (Å²) in [5.41, 5.74) is 7.26. The number of nitrogens with one attached hydrogen (secondary N) is 1. The van der Waals surface area contributed by atoms with Gasteiger partial charge in [-0.2, -0.15) is 0 Å². The van der Waals surface area contributed by atoms with Crippen LogP contribution in [0.1, 0.15) is 61.3 Å². The maximum Gasteiger partial charge on any atom is 0.0817 e. The molecular weight excluding hydrogens is 272 g/mol. The van der Waals surface area contributed by atoms with Crippen LogP contribution in [0.15, 0.2) is 24.4 Å². The average molecular weight is 309 g/mol. The maximum atomic E-state index is 6.20. The van der Waals surface area contributed by atoms with Crippen LogP contribution in [0, 0.1) is 11.3 Å². The molecule has 1 unspecified atom stereocenters. The van der Waals surface area contributed by atoms with Crippen LogP contribution in [0.2, 0.25) is 0 Å². The maximum absolute atomic E-state index is 6.20. The van der Waals surface area contributed by atoms with Gasteiger partial charge in [-0.3, -0.25) is 0 Å². The van der Waals surface area contributed by atoms with Crippen molar-refractivity contribution in [3.8, 4) is 0 Å². The Labute approximate surface area is 137 Å². The van der Waals surface area contributed by atoms with Crippen LogP contribution in [-0.2, 0) is 4.74 Å². The summed E-state index contributed by atoms with van der Waals surface area (Å²) in [4.78, 5) is 0. The lowest BCUT2D eigenvalue weighted by Gasteiger charge is -2.41.